The van der Waals surface area contributed by atoms with E-state index in [-0.39, 0.29) is 17.7 Å². The van der Waals surface area contributed by atoms with Crippen molar-refractivity contribution in [2.45, 2.75) is 19.4 Å². The predicted octanol–water partition coefficient (Wildman–Crippen LogP) is 1.55. The van der Waals surface area contributed by atoms with E-state index >= 15 is 0 Å². The summed E-state index contributed by atoms with van der Waals surface area (Å²) in [6.07, 6.45) is 0.746. The molecule has 1 unspecified atom stereocenters. The summed E-state index contributed by atoms with van der Waals surface area (Å²) in [4.78, 5) is 11.7. The number of nitrogens with one attached hydrogen (secondary N) is 1. The van der Waals surface area contributed by atoms with Gasteiger partial charge in [0.15, 0.2) is 0 Å². The number of hydrogen-bond acceptors (Lipinski definition) is 3. The van der Waals surface area contributed by atoms with E-state index in [9.17, 15) is 9.90 Å². The van der Waals surface area contributed by atoms with Crippen LogP contribution in [0.2, 0.25) is 0 Å². The molecule has 16 heavy (non-hydrogen) atoms. The summed E-state index contributed by atoms with van der Waals surface area (Å²) >= 11 is 0. The van der Waals surface area contributed by atoms with Gasteiger partial charge >= 0.3 is 0 Å². The SMILES string of the molecule is COCCC(C)NC(=O)c1ccccc1O. The Labute approximate surface area is 95.2 Å². The Morgan fingerprint density at radius 3 is 2.81 bits per heavy atom. The Morgan fingerprint density at radius 1 is 1.50 bits per heavy atom. The number of carbonyl (C=O) groups is 1. The maximum absolute atomic E-state index is 11.7. The van der Waals surface area contributed by atoms with Gasteiger partial charge in [0.2, 0.25) is 0 Å². The minimum Gasteiger partial charge on any atom is -0.507 e. The molecule has 0 spiro atoms. The number of carbonyl (C=O) groups excluding carboxylic acids is 1. The third-order valence-electron chi connectivity index (χ3n) is 2.28. The molecular formula is C12H17NO3. The van der Waals surface area contributed by atoms with Gasteiger partial charge in [0.05, 0.1) is 5.56 Å². The zero-order chi connectivity index (χ0) is 12.0. The molecule has 2 N–H and O–H groups in total. The predicted molar refractivity (Wildman–Crippen MR) is 61.5 cm³/mol. The van der Waals surface area contributed by atoms with Crippen LogP contribution in [0.25, 0.3) is 0 Å². The van der Waals surface area contributed by atoms with Gasteiger partial charge in [-0.15, -0.1) is 0 Å². The molecule has 0 aliphatic heterocycles. The van der Waals surface area contributed by atoms with E-state index in [1.807, 2.05) is 6.92 Å². The molecule has 0 saturated carbocycles. The number of para-hydroxylation sites is 1. The van der Waals surface area contributed by atoms with E-state index in [2.05, 4.69) is 5.32 Å². The van der Waals surface area contributed by atoms with Crippen LogP contribution in [0, 0.1) is 0 Å². The van der Waals surface area contributed by atoms with Gasteiger partial charge in [-0.2, -0.15) is 0 Å². The second kappa shape index (κ2) is 6.12. The van der Waals surface area contributed by atoms with Gasteiger partial charge in [-0.05, 0) is 25.5 Å². The third-order valence-corrected chi connectivity index (χ3v) is 2.28. The van der Waals surface area contributed by atoms with Gasteiger partial charge in [0, 0.05) is 19.8 Å². The minimum absolute atomic E-state index is 0.000980. The van der Waals surface area contributed by atoms with Gasteiger partial charge in [-0.3, -0.25) is 4.79 Å². The van der Waals surface area contributed by atoms with Crippen LogP contribution in [0.5, 0.6) is 5.75 Å². The van der Waals surface area contributed by atoms with Crippen molar-refractivity contribution in [2.24, 2.45) is 0 Å². The lowest BCUT2D eigenvalue weighted by Crippen LogP contribution is -2.33. The highest BCUT2D eigenvalue weighted by Gasteiger charge is 2.12. The average molecular weight is 223 g/mol. The Hall–Kier alpha value is -1.55. The molecule has 0 bridgehead atoms. The zero-order valence-corrected chi connectivity index (χ0v) is 9.56. The average Bonchev–Trinajstić information content (AvgIpc) is 2.26. The standard InChI is InChI=1S/C12H17NO3/c1-9(7-8-16-2)13-12(15)10-5-3-4-6-11(10)14/h3-6,9,14H,7-8H2,1-2H3,(H,13,15). The number of aromatic hydroxyl groups is 1. The fourth-order valence-electron chi connectivity index (χ4n) is 1.33. The first-order valence-electron chi connectivity index (χ1n) is 5.23. The van der Waals surface area contributed by atoms with Crippen LogP contribution in [-0.4, -0.2) is 30.8 Å². The third kappa shape index (κ3) is 3.55. The van der Waals surface area contributed by atoms with Gasteiger partial charge in [-0.25, -0.2) is 0 Å². The van der Waals surface area contributed by atoms with Crippen molar-refractivity contribution in [1.29, 1.82) is 0 Å². The maximum atomic E-state index is 11.7. The Bertz CT molecular complexity index is 352. The minimum atomic E-state index is -0.262. The molecule has 1 atom stereocenters. The molecule has 1 rings (SSSR count). The topological polar surface area (TPSA) is 58.6 Å². The molecule has 1 aromatic carbocycles. The van der Waals surface area contributed by atoms with Crippen LogP contribution in [0.15, 0.2) is 24.3 Å². The number of benzene rings is 1. The lowest BCUT2D eigenvalue weighted by Gasteiger charge is -2.13. The lowest BCUT2D eigenvalue weighted by molar-refractivity contribution is 0.0927. The van der Waals surface area contributed by atoms with Crippen molar-refractivity contribution in [2.75, 3.05) is 13.7 Å². The summed E-state index contributed by atoms with van der Waals surface area (Å²) in [6, 6.07) is 6.50. The van der Waals surface area contributed by atoms with Gasteiger partial charge in [0.1, 0.15) is 5.75 Å². The summed E-state index contributed by atoms with van der Waals surface area (Å²) < 4.78 is 4.92. The molecule has 4 nitrogen and oxygen atoms in total. The molecule has 1 amide bonds. The molecular weight excluding hydrogens is 206 g/mol. The second-order valence-electron chi connectivity index (χ2n) is 3.67. The highest BCUT2D eigenvalue weighted by molar-refractivity contribution is 5.96. The molecule has 0 saturated heterocycles. The van der Waals surface area contributed by atoms with E-state index in [0.29, 0.717) is 12.2 Å². The molecule has 0 aliphatic carbocycles. The fraction of sp³-hybridized carbons (Fsp3) is 0.417. The number of hydrogen-bond donors (Lipinski definition) is 2. The molecule has 1 aromatic rings. The van der Waals surface area contributed by atoms with Crippen LogP contribution in [-0.2, 0) is 4.74 Å². The molecule has 0 fully saturated rings. The smallest absolute Gasteiger partial charge is 0.255 e. The first-order valence-corrected chi connectivity index (χ1v) is 5.23. The van der Waals surface area contributed by atoms with Crippen LogP contribution >= 0.6 is 0 Å². The van der Waals surface area contributed by atoms with E-state index < -0.39 is 0 Å². The zero-order valence-electron chi connectivity index (χ0n) is 9.56. The highest BCUT2D eigenvalue weighted by atomic mass is 16.5. The molecule has 0 heterocycles. The Balaban J connectivity index is 2.56. The molecule has 0 aromatic heterocycles. The van der Waals surface area contributed by atoms with Gasteiger partial charge in [-0.1, -0.05) is 12.1 Å². The van der Waals surface area contributed by atoms with E-state index in [0.717, 1.165) is 6.42 Å². The first-order chi connectivity index (χ1) is 7.65. The van der Waals surface area contributed by atoms with E-state index in [4.69, 9.17) is 4.74 Å². The van der Waals surface area contributed by atoms with Gasteiger partial charge < -0.3 is 15.2 Å². The summed E-state index contributed by atoms with van der Waals surface area (Å²) in [5.74, 6) is -0.263. The Morgan fingerprint density at radius 2 is 2.19 bits per heavy atom. The summed E-state index contributed by atoms with van der Waals surface area (Å²) in [6.45, 7) is 2.50. The van der Waals surface area contributed by atoms with Crippen molar-refractivity contribution >= 4 is 5.91 Å². The molecule has 4 heteroatoms. The molecule has 0 radical (unpaired) electrons. The molecule has 88 valence electrons. The van der Waals surface area contributed by atoms with Crippen LogP contribution in [0.1, 0.15) is 23.7 Å². The number of methoxy groups -OCH3 is 1. The molecule has 0 aliphatic rings. The number of phenolic OH excluding ortho intramolecular Hbond substituents is 1. The monoisotopic (exact) mass is 223 g/mol. The summed E-state index contributed by atoms with van der Waals surface area (Å²) in [5, 5.41) is 12.3. The largest absolute Gasteiger partial charge is 0.507 e. The number of phenols is 1. The number of amides is 1. The number of ether oxygens (including phenoxy) is 1. The van der Waals surface area contributed by atoms with Gasteiger partial charge in [0.25, 0.3) is 5.91 Å². The van der Waals surface area contributed by atoms with Crippen molar-refractivity contribution in [3.05, 3.63) is 29.8 Å². The quantitative estimate of drug-likeness (QED) is 0.796. The number of rotatable bonds is 5. The van der Waals surface area contributed by atoms with Crippen molar-refractivity contribution < 1.29 is 14.6 Å². The van der Waals surface area contributed by atoms with Crippen molar-refractivity contribution in [1.82, 2.24) is 5.32 Å². The fourth-order valence-corrected chi connectivity index (χ4v) is 1.33. The van der Waals surface area contributed by atoms with Crippen LogP contribution in [0.4, 0.5) is 0 Å². The Kier molecular flexibility index (Phi) is 4.79. The summed E-state index contributed by atoms with van der Waals surface area (Å²) in [7, 11) is 1.62. The normalized spacial score (nSPS) is 12.1. The first kappa shape index (κ1) is 12.5. The van der Waals surface area contributed by atoms with Crippen molar-refractivity contribution in [3.8, 4) is 5.75 Å². The maximum Gasteiger partial charge on any atom is 0.255 e. The van der Waals surface area contributed by atoms with Crippen LogP contribution in [0.3, 0.4) is 0 Å². The lowest BCUT2D eigenvalue weighted by atomic mass is 10.1. The second-order valence-corrected chi connectivity index (χ2v) is 3.67. The van der Waals surface area contributed by atoms with Crippen LogP contribution < -0.4 is 5.32 Å². The van der Waals surface area contributed by atoms with E-state index in [1.54, 1.807) is 25.3 Å². The highest BCUT2D eigenvalue weighted by Crippen LogP contribution is 2.15. The van der Waals surface area contributed by atoms with Crippen molar-refractivity contribution in [3.63, 3.8) is 0 Å². The summed E-state index contributed by atoms with van der Waals surface area (Å²) in [5.41, 5.74) is 0.298. The van der Waals surface area contributed by atoms with E-state index in [1.165, 1.54) is 6.07 Å².